The molecule has 1 fully saturated rings. The molecule has 1 aliphatic carbocycles. The molecule has 5 nitrogen and oxygen atoms in total. The summed E-state index contributed by atoms with van der Waals surface area (Å²) >= 11 is 0. The molecule has 2 aromatic rings. The maximum absolute atomic E-state index is 4.69. The predicted octanol–water partition coefficient (Wildman–Crippen LogP) is 2.40. The number of aromatic nitrogens is 2. The molecule has 0 aliphatic heterocycles. The second-order valence-electron chi connectivity index (χ2n) is 6.04. The summed E-state index contributed by atoms with van der Waals surface area (Å²) in [5, 5.41) is 11.0. The quantitative estimate of drug-likeness (QED) is 0.610. The third-order valence-corrected chi connectivity index (χ3v) is 3.91. The molecule has 0 atom stereocenters. The van der Waals surface area contributed by atoms with Crippen LogP contribution < -0.4 is 10.6 Å². The van der Waals surface area contributed by atoms with E-state index in [1.54, 1.807) is 0 Å². The van der Waals surface area contributed by atoms with Gasteiger partial charge >= 0.3 is 0 Å². The molecular weight excluding hydrogens is 286 g/mol. The van der Waals surface area contributed by atoms with E-state index in [1.165, 1.54) is 24.0 Å². The third kappa shape index (κ3) is 5.13. The fourth-order valence-electron chi connectivity index (χ4n) is 2.48. The molecule has 0 unspecified atom stereocenters. The molecule has 1 aliphatic rings. The second kappa shape index (κ2) is 7.81. The summed E-state index contributed by atoms with van der Waals surface area (Å²) in [5.41, 5.74) is 2.47. The summed E-state index contributed by atoms with van der Waals surface area (Å²) in [6, 6.07) is 10.5. The summed E-state index contributed by atoms with van der Waals surface area (Å²) in [6.45, 7) is 5.50. The Morgan fingerprint density at radius 3 is 2.87 bits per heavy atom. The number of guanidine groups is 1. The number of nitrogens with one attached hydrogen (secondary N) is 2. The number of aliphatic imine (C=N–C) groups is 1. The van der Waals surface area contributed by atoms with Crippen molar-refractivity contribution in [2.24, 2.45) is 10.9 Å². The Hall–Kier alpha value is -2.30. The molecule has 0 bridgehead atoms. The van der Waals surface area contributed by atoms with Crippen molar-refractivity contribution >= 4 is 5.96 Å². The van der Waals surface area contributed by atoms with E-state index < -0.39 is 0 Å². The van der Waals surface area contributed by atoms with Gasteiger partial charge in [-0.1, -0.05) is 24.3 Å². The van der Waals surface area contributed by atoms with Crippen LogP contribution in [-0.4, -0.2) is 28.8 Å². The van der Waals surface area contributed by atoms with Crippen LogP contribution in [0.4, 0.5) is 0 Å². The molecule has 2 N–H and O–H groups in total. The molecule has 5 heteroatoms. The van der Waals surface area contributed by atoms with E-state index in [1.807, 2.05) is 23.1 Å². The van der Waals surface area contributed by atoms with E-state index in [4.69, 9.17) is 4.99 Å². The molecular formula is C18H25N5. The van der Waals surface area contributed by atoms with Crippen LogP contribution >= 0.6 is 0 Å². The van der Waals surface area contributed by atoms with Crippen molar-refractivity contribution in [1.82, 2.24) is 20.4 Å². The molecule has 122 valence electrons. The highest BCUT2D eigenvalue weighted by Crippen LogP contribution is 2.27. The van der Waals surface area contributed by atoms with Gasteiger partial charge in [0.25, 0.3) is 0 Å². The fraction of sp³-hybridized carbons (Fsp3) is 0.444. The maximum Gasteiger partial charge on any atom is 0.191 e. The Labute approximate surface area is 137 Å². The molecule has 0 radical (unpaired) electrons. The summed E-state index contributed by atoms with van der Waals surface area (Å²) in [7, 11) is 0. The van der Waals surface area contributed by atoms with Crippen LogP contribution in [0.15, 0.2) is 47.7 Å². The van der Waals surface area contributed by atoms with Crippen LogP contribution in [0.5, 0.6) is 0 Å². The number of nitrogens with zero attached hydrogens (tertiary/aromatic N) is 3. The molecule has 1 saturated carbocycles. The zero-order valence-electron chi connectivity index (χ0n) is 13.7. The molecule has 23 heavy (non-hydrogen) atoms. The van der Waals surface area contributed by atoms with E-state index in [-0.39, 0.29) is 0 Å². The minimum Gasteiger partial charge on any atom is -0.357 e. The Morgan fingerprint density at radius 2 is 2.13 bits per heavy atom. The number of rotatable bonds is 7. The summed E-state index contributed by atoms with van der Waals surface area (Å²) < 4.78 is 1.93. The first-order valence-electron chi connectivity index (χ1n) is 8.41. The number of hydrogen-bond acceptors (Lipinski definition) is 2. The maximum atomic E-state index is 4.69. The minimum absolute atomic E-state index is 0.687. The number of hydrogen-bond donors (Lipinski definition) is 2. The van der Waals surface area contributed by atoms with Gasteiger partial charge in [0, 0.05) is 25.5 Å². The minimum atomic E-state index is 0.687. The average molecular weight is 311 g/mol. The van der Waals surface area contributed by atoms with Gasteiger partial charge in [0.2, 0.25) is 0 Å². The van der Waals surface area contributed by atoms with Gasteiger partial charge < -0.3 is 10.6 Å². The zero-order valence-corrected chi connectivity index (χ0v) is 13.7. The molecule has 0 amide bonds. The highest BCUT2D eigenvalue weighted by Gasteiger charge is 2.20. The van der Waals surface area contributed by atoms with E-state index in [0.29, 0.717) is 6.54 Å². The van der Waals surface area contributed by atoms with Crippen molar-refractivity contribution in [3.8, 4) is 0 Å². The second-order valence-corrected chi connectivity index (χ2v) is 6.04. The van der Waals surface area contributed by atoms with Gasteiger partial charge in [-0.3, -0.25) is 4.68 Å². The van der Waals surface area contributed by atoms with Crippen molar-refractivity contribution < 1.29 is 0 Å². The summed E-state index contributed by atoms with van der Waals surface area (Å²) in [5.74, 6) is 1.76. The SMILES string of the molecule is CCNC(=NCc1cccc(Cn2cccn2)c1)NCC1CC1. The van der Waals surface area contributed by atoms with Crippen molar-refractivity contribution in [3.63, 3.8) is 0 Å². The van der Waals surface area contributed by atoms with Crippen LogP contribution in [-0.2, 0) is 13.1 Å². The van der Waals surface area contributed by atoms with E-state index in [9.17, 15) is 0 Å². The summed E-state index contributed by atoms with van der Waals surface area (Å²) in [4.78, 5) is 4.69. The van der Waals surface area contributed by atoms with E-state index in [0.717, 1.165) is 31.5 Å². The summed E-state index contributed by atoms with van der Waals surface area (Å²) in [6.07, 6.45) is 6.49. The van der Waals surface area contributed by atoms with Gasteiger partial charge in [-0.2, -0.15) is 5.10 Å². The normalized spacial score (nSPS) is 14.7. The van der Waals surface area contributed by atoms with Gasteiger partial charge in [-0.25, -0.2) is 4.99 Å². The predicted molar refractivity (Wildman–Crippen MR) is 93.3 cm³/mol. The molecule has 1 aromatic heterocycles. The Kier molecular flexibility index (Phi) is 5.29. The molecule has 0 spiro atoms. The first-order valence-corrected chi connectivity index (χ1v) is 8.41. The monoisotopic (exact) mass is 311 g/mol. The van der Waals surface area contributed by atoms with Gasteiger partial charge in [0.15, 0.2) is 5.96 Å². The molecule has 1 aromatic carbocycles. The Balaban J connectivity index is 1.59. The van der Waals surface area contributed by atoms with E-state index in [2.05, 4.69) is 46.9 Å². The van der Waals surface area contributed by atoms with Gasteiger partial charge in [-0.05, 0) is 42.9 Å². The van der Waals surface area contributed by atoms with Gasteiger partial charge in [-0.15, -0.1) is 0 Å². The third-order valence-electron chi connectivity index (χ3n) is 3.91. The van der Waals surface area contributed by atoms with Crippen LogP contribution in [0.2, 0.25) is 0 Å². The highest BCUT2D eigenvalue weighted by atomic mass is 15.3. The Bertz CT molecular complexity index is 629. The standard InChI is InChI=1S/C18H25N5/c1-2-19-18(20-12-15-7-8-15)21-13-16-5-3-6-17(11-16)14-23-10-4-9-22-23/h3-6,9-11,15H,2,7-8,12-14H2,1H3,(H2,19,20,21). The zero-order chi connectivity index (χ0) is 15.9. The van der Waals surface area contributed by atoms with Crippen LogP contribution in [0, 0.1) is 5.92 Å². The van der Waals surface area contributed by atoms with Crippen molar-refractivity contribution in [3.05, 3.63) is 53.9 Å². The topological polar surface area (TPSA) is 54.2 Å². The molecule has 3 rings (SSSR count). The smallest absolute Gasteiger partial charge is 0.191 e. The first-order chi connectivity index (χ1) is 11.3. The van der Waals surface area contributed by atoms with E-state index >= 15 is 0 Å². The van der Waals surface area contributed by atoms with Crippen LogP contribution in [0.1, 0.15) is 30.9 Å². The van der Waals surface area contributed by atoms with Crippen LogP contribution in [0.25, 0.3) is 0 Å². The van der Waals surface area contributed by atoms with Crippen molar-refractivity contribution in [2.45, 2.75) is 32.9 Å². The lowest BCUT2D eigenvalue weighted by molar-refractivity contribution is 0.686. The molecule has 1 heterocycles. The largest absolute Gasteiger partial charge is 0.357 e. The average Bonchev–Trinajstić information content (AvgIpc) is 3.26. The number of benzene rings is 1. The van der Waals surface area contributed by atoms with Gasteiger partial charge in [0.05, 0.1) is 13.1 Å². The van der Waals surface area contributed by atoms with Crippen molar-refractivity contribution in [2.75, 3.05) is 13.1 Å². The lowest BCUT2D eigenvalue weighted by Crippen LogP contribution is -2.38. The Morgan fingerprint density at radius 1 is 1.26 bits per heavy atom. The van der Waals surface area contributed by atoms with Crippen LogP contribution in [0.3, 0.4) is 0 Å². The van der Waals surface area contributed by atoms with Crippen molar-refractivity contribution in [1.29, 1.82) is 0 Å². The fourth-order valence-corrected chi connectivity index (χ4v) is 2.48. The lowest BCUT2D eigenvalue weighted by Gasteiger charge is -2.11. The molecule has 0 saturated heterocycles. The highest BCUT2D eigenvalue weighted by molar-refractivity contribution is 5.79. The van der Waals surface area contributed by atoms with Gasteiger partial charge in [0.1, 0.15) is 0 Å². The lowest BCUT2D eigenvalue weighted by atomic mass is 10.1. The first kappa shape index (κ1) is 15.6.